The Labute approximate surface area is 116 Å². The van der Waals surface area contributed by atoms with Crippen molar-refractivity contribution in [3.63, 3.8) is 0 Å². The molecular weight excluding hydrogens is 254 g/mol. The molecule has 4 heteroatoms. The lowest BCUT2D eigenvalue weighted by Gasteiger charge is -2.01. The van der Waals surface area contributed by atoms with Gasteiger partial charge in [0.2, 0.25) is 0 Å². The van der Waals surface area contributed by atoms with Crippen LogP contribution in [0.15, 0.2) is 60.1 Å². The molecule has 0 aliphatic heterocycles. The van der Waals surface area contributed by atoms with Gasteiger partial charge in [-0.2, -0.15) is 5.10 Å². The van der Waals surface area contributed by atoms with Crippen LogP contribution in [-0.4, -0.2) is 9.78 Å². The average molecular weight is 269 g/mol. The highest BCUT2D eigenvalue weighted by Crippen LogP contribution is 2.09. The van der Waals surface area contributed by atoms with Crippen molar-refractivity contribution in [2.24, 2.45) is 0 Å². The molecule has 0 atom stereocenters. The molecule has 19 heavy (non-hydrogen) atoms. The quantitative estimate of drug-likeness (QED) is 0.770. The second-order valence-corrected chi connectivity index (χ2v) is 5.30. The van der Waals surface area contributed by atoms with E-state index in [0.717, 1.165) is 24.5 Å². The first-order valence-electron chi connectivity index (χ1n) is 6.25. The monoisotopic (exact) mass is 269 g/mol. The molecule has 96 valence electrons. The number of benzene rings is 1. The summed E-state index contributed by atoms with van der Waals surface area (Å²) in [6, 6.07) is 16.4. The van der Waals surface area contributed by atoms with Crippen LogP contribution in [0, 0.1) is 0 Å². The van der Waals surface area contributed by atoms with E-state index in [-0.39, 0.29) is 0 Å². The second-order valence-electron chi connectivity index (χ2n) is 4.27. The molecule has 0 amide bonds. The highest BCUT2D eigenvalue weighted by atomic mass is 32.1. The highest BCUT2D eigenvalue weighted by Gasteiger charge is 2.00. The molecule has 2 aromatic heterocycles. The number of aromatic nitrogens is 2. The zero-order chi connectivity index (χ0) is 12.9. The van der Waals surface area contributed by atoms with E-state index in [1.165, 1.54) is 4.88 Å². The molecule has 1 aromatic carbocycles. The van der Waals surface area contributed by atoms with Crippen molar-refractivity contribution >= 4 is 11.3 Å². The first kappa shape index (κ1) is 12.1. The van der Waals surface area contributed by atoms with Crippen LogP contribution in [0.25, 0.3) is 5.69 Å². The molecule has 0 saturated heterocycles. The van der Waals surface area contributed by atoms with E-state index < -0.39 is 0 Å². The summed E-state index contributed by atoms with van der Waals surface area (Å²) >= 11 is 1.77. The Kier molecular flexibility index (Phi) is 3.72. The Morgan fingerprint density at radius 2 is 1.89 bits per heavy atom. The van der Waals surface area contributed by atoms with E-state index in [1.54, 1.807) is 11.3 Å². The number of nitrogens with one attached hydrogen (secondary N) is 1. The standard InChI is InChI=1S/C15H15N3S/c1-2-5-14(6-3-1)18-9-8-13(17-18)11-16-12-15-7-4-10-19-15/h1-10,16H,11-12H2. The molecule has 1 N–H and O–H groups in total. The molecule has 0 aliphatic rings. The molecule has 0 bridgehead atoms. The summed E-state index contributed by atoms with van der Waals surface area (Å²) in [5, 5.41) is 10.1. The summed E-state index contributed by atoms with van der Waals surface area (Å²) in [6.45, 7) is 1.69. The zero-order valence-electron chi connectivity index (χ0n) is 10.5. The van der Waals surface area contributed by atoms with Gasteiger partial charge in [-0.05, 0) is 29.6 Å². The third-order valence-electron chi connectivity index (χ3n) is 2.85. The minimum absolute atomic E-state index is 0.789. The normalized spacial score (nSPS) is 10.7. The smallest absolute Gasteiger partial charge is 0.0766 e. The van der Waals surface area contributed by atoms with Crippen LogP contribution in [0.1, 0.15) is 10.6 Å². The zero-order valence-corrected chi connectivity index (χ0v) is 11.3. The maximum atomic E-state index is 4.56. The third-order valence-corrected chi connectivity index (χ3v) is 3.73. The van der Waals surface area contributed by atoms with Crippen LogP contribution < -0.4 is 5.32 Å². The first-order valence-corrected chi connectivity index (χ1v) is 7.13. The predicted octanol–water partition coefficient (Wildman–Crippen LogP) is 3.22. The van der Waals surface area contributed by atoms with Crippen LogP contribution in [0.2, 0.25) is 0 Å². The van der Waals surface area contributed by atoms with Crippen molar-refractivity contribution in [2.75, 3.05) is 0 Å². The summed E-state index contributed by atoms with van der Waals surface area (Å²) in [5.41, 5.74) is 2.15. The van der Waals surface area contributed by atoms with Gasteiger partial charge in [-0.15, -0.1) is 11.3 Å². The fourth-order valence-corrected chi connectivity index (χ4v) is 2.58. The molecule has 0 saturated carbocycles. The first-order chi connectivity index (χ1) is 9.42. The van der Waals surface area contributed by atoms with Crippen LogP contribution in [0.3, 0.4) is 0 Å². The predicted molar refractivity (Wildman–Crippen MR) is 78.4 cm³/mol. The van der Waals surface area contributed by atoms with Gasteiger partial charge in [0.1, 0.15) is 0 Å². The van der Waals surface area contributed by atoms with Gasteiger partial charge in [0, 0.05) is 24.2 Å². The number of hydrogen-bond acceptors (Lipinski definition) is 3. The van der Waals surface area contributed by atoms with Crippen molar-refractivity contribution in [3.05, 3.63) is 70.7 Å². The lowest BCUT2D eigenvalue weighted by atomic mass is 10.3. The summed E-state index contributed by atoms with van der Waals surface area (Å²) in [5.74, 6) is 0. The summed E-state index contributed by atoms with van der Waals surface area (Å²) in [6.07, 6.45) is 2.00. The fraction of sp³-hybridized carbons (Fsp3) is 0.133. The summed E-state index contributed by atoms with van der Waals surface area (Å²) in [7, 11) is 0. The largest absolute Gasteiger partial charge is 0.306 e. The molecule has 2 heterocycles. The minimum atomic E-state index is 0.789. The Bertz CT molecular complexity index is 614. The van der Waals surface area contributed by atoms with Crippen molar-refractivity contribution in [1.29, 1.82) is 0 Å². The van der Waals surface area contributed by atoms with Gasteiger partial charge in [0.05, 0.1) is 11.4 Å². The topological polar surface area (TPSA) is 29.9 Å². The van der Waals surface area contributed by atoms with Crippen molar-refractivity contribution in [1.82, 2.24) is 15.1 Å². The molecule has 0 fully saturated rings. The van der Waals surface area contributed by atoms with Crippen molar-refractivity contribution < 1.29 is 0 Å². The Morgan fingerprint density at radius 3 is 2.68 bits per heavy atom. The van der Waals surface area contributed by atoms with E-state index in [0.29, 0.717) is 0 Å². The van der Waals surface area contributed by atoms with Crippen molar-refractivity contribution in [3.8, 4) is 5.69 Å². The van der Waals surface area contributed by atoms with Crippen LogP contribution >= 0.6 is 11.3 Å². The molecule has 0 aliphatic carbocycles. The van der Waals surface area contributed by atoms with Crippen LogP contribution in [-0.2, 0) is 13.1 Å². The van der Waals surface area contributed by atoms with E-state index >= 15 is 0 Å². The van der Waals surface area contributed by atoms with Crippen LogP contribution in [0.5, 0.6) is 0 Å². The van der Waals surface area contributed by atoms with Gasteiger partial charge >= 0.3 is 0 Å². The maximum Gasteiger partial charge on any atom is 0.0766 e. The van der Waals surface area contributed by atoms with Gasteiger partial charge < -0.3 is 5.32 Å². The molecule has 0 radical (unpaired) electrons. The third kappa shape index (κ3) is 3.10. The summed E-state index contributed by atoms with van der Waals surface area (Å²) < 4.78 is 1.90. The van der Waals surface area contributed by atoms with E-state index in [1.807, 2.05) is 29.1 Å². The number of rotatable bonds is 5. The fourth-order valence-electron chi connectivity index (χ4n) is 1.91. The molecule has 0 spiro atoms. The van der Waals surface area contributed by atoms with Crippen molar-refractivity contribution in [2.45, 2.75) is 13.1 Å². The van der Waals surface area contributed by atoms with Gasteiger partial charge in [0.15, 0.2) is 0 Å². The van der Waals surface area contributed by atoms with Gasteiger partial charge in [0.25, 0.3) is 0 Å². The summed E-state index contributed by atoms with van der Waals surface area (Å²) in [4.78, 5) is 1.35. The molecule has 3 rings (SSSR count). The second kappa shape index (κ2) is 5.82. The minimum Gasteiger partial charge on any atom is -0.306 e. The molecule has 0 unspecified atom stereocenters. The van der Waals surface area contributed by atoms with E-state index in [2.05, 4.69) is 46.1 Å². The number of thiophene rings is 1. The lowest BCUT2D eigenvalue weighted by Crippen LogP contribution is -2.12. The van der Waals surface area contributed by atoms with Gasteiger partial charge in [-0.25, -0.2) is 4.68 Å². The highest BCUT2D eigenvalue weighted by molar-refractivity contribution is 7.09. The molecule has 3 nitrogen and oxygen atoms in total. The number of nitrogens with zero attached hydrogens (tertiary/aromatic N) is 2. The lowest BCUT2D eigenvalue weighted by molar-refractivity contribution is 0.675. The Morgan fingerprint density at radius 1 is 1.00 bits per heavy atom. The van der Waals surface area contributed by atoms with E-state index in [4.69, 9.17) is 0 Å². The maximum absolute atomic E-state index is 4.56. The van der Waals surface area contributed by atoms with Gasteiger partial charge in [-0.3, -0.25) is 0 Å². The Balaban J connectivity index is 1.59. The SMILES string of the molecule is c1ccc(-n2ccc(CNCc3cccs3)n2)cc1. The Hall–Kier alpha value is -1.91. The van der Waals surface area contributed by atoms with Gasteiger partial charge in [-0.1, -0.05) is 24.3 Å². The average Bonchev–Trinajstić information content (AvgIpc) is 3.11. The number of para-hydroxylation sites is 1. The number of hydrogen-bond donors (Lipinski definition) is 1. The van der Waals surface area contributed by atoms with E-state index in [9.17, 15) is 0 Å². The van der Waals surface area contributed by atoms with Crippen LogP contribution in [0.4, 0.5) is 0 Å². The molecular formula is C15H15N3S. The molecule has 3 aromatic rings.